The summed E-state index contributed by atoms with van der Waals surface area (Å²) in [6, 6.07) is 7.14. The van der Waals surface area contributed by atoms with Gasteiger partial charge in [0.05, 0.1) is 18.9 Å². The number of nitrogens with one attached hydrogen (secondary N) is 1. The first-order valence-corrected chi connectivity index (χ1v) is 7.45. The van der Waals surface area contributed by atoms with Crippen LogP contribution in [-0.4, -0.2) is 42.8 Å². The third-order valence-corrected chi connectivity index (χ3v) is 4.07. The van der Waals surface area contributed by atoms with E-state index >= 15 is 0 Å². The summed E-state index contributed by atoms with van der Waals surface area (Å²) in [5.41, 5.74) is 0.654. The molecule has 1 saturated carbocycles. The number of benzene rings is 1. The van der Waals surface area contributed by atoms with Gasteiger partial charge in [0.2, 0.25) is 0 Å². The minimum Gasteiger partial charge on any atom is -0.495 e. The van der Waals surface area contributed by atoms with E-state index in [-0.39, 0.29) is 18.1 Å². The van der Waals surface area contributed by atoms with Gasteiger partial charge in [0, 0.05) is 19.5 Å². The van der Waals surface area contributed by atoms with Crippen LogP contribution in [-0.2, 0) is 0 Å². The summed E-state index contributed by atoms with van der Waals surface area (Å²) in [5.74, 6) is 0.809. The third-order valence-electron chi connectivity index (χ3n) is 4.07. The molecule has 5 heteroatoms. The highest BCUT2D eigenvalue weighted by atomic mass is 16.5. The van der Waals surface area contributed by atoms with Crippen molar-refractivity contribution in [2.24, 2.45) is 5.92 Å². The molecule has 1 fully saturated rings. The second-order valence-electron chi connectivity index (χ2n) is 5.62. The maximum absolute atomic E-state index is 12.2. The molecule has 2 atom stereocenters. The van der Waals surface area contributed by atoms with Crippen molar-refractivity contribution >= 4 is 11.7 Å². The predicted octanol–water partition coefficient (Wildman–Crippen LogP) is 2.71. The molecule has 2 N–H and O–H groups in total. The smallest absolute Gasteiger partial charge is 0.321 e. The number of hydrogen-bond donors (Lipinski definition) is 2. The number of aliphatic hydroxyl groups is 1. The molecule has 0 saturated heterocycles. The lowest BCUT2D eigenvalue weighted by Gasteiger charge is -2.31. The van der Waals surface area contributed by atoms with Crippen LogP contribution in [0.1, 0.15) is 25.7 Å². The van der Waals surface area contributed by atoms with Gasteiger partial charge in [-0.05, 0) is 25.0 Å². The van der Waals surface area contributed by atoms with Gasteiger partial charge < -0.3 is 20.1 Å². The maximum Gasteiger partial charge on any atom is 0.321 e. The molecular weight excluding hydrogens is 268 g/mol. The van der Waals surface area contributed by atoms with E-state index in [1.807, 2.05) is 12.1 Å². The van der Waals surface area contributed by atoms with Crippen LogP contribution in [0.3, 0.4) is 0 Å². The Morgan fingerprint density at radius 3 is 2.81 bits per heavy atom. The summed E-state index contributed by atoms with van der Waals surface area (Å²) in [4.78, 5) is 13.9. The first-order chi connectivity index (χ1) is 10.1. The number of anilines is 1. The standard InChI is InChI=1S/C16H24N2O3/c1-18(11-12-7-3-5-9-14(12)19)16(20)17-13-8-4-6-10-15(13)21-2/h4,6,8,10,12,14,19H,3,5,7,9,11H2,1-2H3,(H,17,20). The lowest BCUT2D eigenvalue weighted by atomic mass is 9.86. The van der Waals surface area contributed by atoms with Crippen molar-refractivity contribution < 1.29 is 14.6 Å². The number of ether oxygens (including phenoxy) is 1. The molecule has 1 aliphatic carbocycles. The molecule has 2 amide bonds. The van der Waals surface area contributed by atoms with Gasteiger partial charge in [-0.15, -0.1) is 0 Å². The normalized spacial score (nSPS) is 21.7. The molecule has 0 bridgehead atoms. The molecule has 2 unspecified atom stereocenters. The summed E-state index contributed by atoms with van der Waals surface area (Å²) in [7, 11) is 3.33. The number of para-hydroxylation sites is 2. The van der Waals surface area contributed by atoms with Gasteiger partial charge in [-0.2, -0.15) is 0 Å². The van der Waals surface area contributed by atoms with Gasteiger partial charge in [0.1, 0.15) is 5.75 Å². The molecule has 0 radical (unpaired) electrons. The summed E-state index contributed by atoms with van der Waals surface area (Å²) >= 11 is 0. The van der Waals surface area contributed by atoms with E-state index in [2.05, 4.69) is 5.32 Å². The number of urea groups is 1. The van der Waals surface area contributed by atoms with Gasteiger partial charge in [-0.25, -0.2) is 4.79 Å². The zero-order valence-corrected chi connectivity index (χ0v) is 12.7. The van der Waals surface area contributed by atoms with Crippen LogP contribution < -0.4 is 10.1 Å². The Bertz CT molecular complexity index is 478. The van der Waals surface area contributed by atoms with E-state index in [9.17, 15) is 9.90 Å². The largest absolute Gasteiger partial charge is 0.495 e. The number of aliphatic hydroxyl groups excluding tert-OH is 1. The fourth-order valence-corrected chi connectivity index (χ4v) is 2.79. The molecular formula is C16H24N2O3. The van der Waals surface area contributed by atoms with Crippen LogP contribution in [0.15, 0.2) is 24.3 Å². The van der Waals surface area contributed by atoms with Gasteiger partial charge in [0.25, 0.3) is 0 Å². The number of hydrogen-bond acceptors (Lipinski definition) is 3. The van der Waals surface area contributed by atoms with E-state index < -0.39 is 0 Å². The summed E-state index contributed by atoms with van der Waals surface area (Å²) in [5, 5.41) is 12.8. The van der Waals surface area contributed by atoms with E-state index in [0.717, 1.165) is 25.7 Å². The molecule has 1 aromatic rings. The molecule has 2 rings (SSSR count). The van der Waals surface area contributed by atoms with Crippen molar-refractivity contribution in [3.63, 3.8) is 0 Å². The number of rotatable bonds is 4. The van der Waals surface area contributed by atoms with Crippen molar-refractivity contribution in [2.75, 3.05) is 26.0 Å². The van der Waals surface area contributed by atoms with Gasteiger partial charge in [-0.1, -0.05) is 25.0 Å². The Morgan fingerprint density at radius 1 is 1.38 bits per heavy atom. The maximum atomic E-state index is 12.2. The quantitative estimate of drug-likeness (QED) is 0.897. The molecule has 5 nitrogen and oxygen atoms in total. The molecule has 21 heavy (non-hydrogen) atoms. The van der Waals surface area contributed by atoms with Crippen LogP contribution in [0.25, 0.3) is 0 Å². The van der Waals surface area contributed by atoms with Crippen LogP contribution in [0.2, 0.25) is 0 Å². The van der Waals surface area contributed by atoms with Crippen LogP contribution in [0.4, 0.5) is 10.5 Å². The van der Waals surface area contributed by atoms with E-state index in [1.54, 1.807) is 31.2 Å². The lowest BCUT2D eigenvalue weighted by molar-refractivity contribution is 0.0575. The zero-order valence-electron chi connectivity index (χ0n) is 12.7. The number of methoxy groups -OCH3 is 1. The van der Waals surface area contributed by atoms with Crippen LogP contribution in [0, 0.1) is 5.92 Å². The van der Waals surface area contributed by atoms with Gasteiger partial charge in [-0.3, -0.25) is 0 Å². The highest BCUT2D eigenvalue weighted by molar-refractivity contribution is 5.90. The minimum absolute atomic E-state index is 0.173. The van der Waals surface area contributed by atoms with Crippen LogP contribution >= 0.6 is 0 Å². The van der Waals surface area contributed by atoms with Crippen molar-refractivity contribution in [1.29, 1.82) is 0 Å². The first kappa shape index (κ1) is 15.6. The van der Waals surface area contributed by atoms with Crippen molar-refractivity contribution in [2.45, 2.75) is 31.8 Å². The fourth-order valence-electron chi connectivity index (χ4n) is 2.79. The van der Waals surface area contributed by atoms with Gasteiger partial charge in [0.15, 0.2) is 0 Å². The third kappa shape index (κ3) is 4.11. The highest BCUT2D eigenvalue weighted by Crippen LogP contribution is 2.26. The molecule has 0 heterocycles. The Balaban J connectivity index is 1.93. The molecule has 0 aliphatic heterocycles. The van der Waals surface area contributed by atoms with E-state index in [4.69, 9.17) is 4.74 Å². The van der Waals surface area contributed by atoms with Crippen molar-refractivity contribution in [3.8, 4) is 5.75 Å². The SMILES string of the molecule is COc1ccccc1NC(=O)N(C)CC1CCCCC1O. The Labute approximate surface area is 125 Å². The lowest BCUT2D eigenvalue weighted by Crippen LogP contribution is -2.40. The topological polar surface area (TPSA) is 61.8 Å². The molecule has 116 valence electrons. The highest BCUT2D eigenvalue weighted by Gasteiger charge is 2.25. The average molecular weight is 292 g/mol. The fraction of sp³-hybridized carbons (Fsp3) is 0.562. The van der Waals surface area contributed by atoms with E-state index in [1.165, 1.54) is 0 Å². The summed E-state index contributed by atoms with van der Waals surface area (Å²) < 4.78 is 5.22. The second kappa shape index (κ2) is 7.31. The second-order valence-corrected chi connectivity index (χ2v) is 5.62. The first-order valence-electron chi connectivity index (χ1n) is 7.45. The molecule has 1 aromatic carbocycles. The minimum atomic E-state index is -0.291. The summed E-state index contributed by atoms with van der Waals surface area (Å²) in [6.45, 7) is 0.572. The van der Waals surface area contributed by atoms with Crippen LogP contribution in [0.5, 0.6) is 5.75 Å². The molecule has 0 aromatic heterocycles. The molecule has 1 aliphatic rings. The Hall–Kier alpha value is -1.75. The number of carbonyl (C=O) groups excluding carboxylic acids is 1. The van der Waals surface area contributed by atoms with Crippen molar-refractivity contribution in [1.82, 2.24) is 4.90 Å². The zero-order chi connectivity index (χ0) is 15.2. The number of carbonyl (C=O) groups is 1. The molecule has 0 spiro atoms. The number of amides is 2. The Kier molecular flexibility index (Phi) is 5.44. The van der Waals surface area contributed by atoms with Gasteiger partial charge >= 0.3 is 6.03 Å². The van der Waals surface area contributed by atoms with Crippen molar-refractivity contribution in [3.05, 3.63) is 24.3 Å². The predicted molar refractivity (Wildman–Crippen MR) is 82.6 cm³/mol. The van der Waals surface area contributed by atoms with E-state index in [0.29, 0.717) is 18.0 Å². The Morgan fingerprint density at radius 2 is 2.10 bits per heavy atom. The summed E-state index contributed by atoms with van der Waals surface area (Å²) in [6.07, 6.45) is 3.73. The monoisotopic (exact) mass is 292 g/mol. The average Bonchev–Trinajstić information content (AvgIpc) is 2.50. The number of nitrogens with zero attached hydrogens (tertiary/aromatic N) is 1.